The molecule has 1 saturated carbocycles. The average Bonchev–Trinajstić information content (AvgIpc) is 2.40. The lowest BCUT2D eigenvalue weighted by Crippen LogP contribution is -2.28. The molecule has 0 bridgehead atoms. The van der Waals surface area contributed by atoms with E-state index in [9.17, 15) is 14.9 Å². The Morgan fingerprint density at radius 2 is 2.20 bits per heavy atom. The molecule has 7 nitrogen and oxygen atoms in total. The molecule has 0 heterocycles. The number of hydrazine groups is 1. The van der Waals surface area contributed by atoms with Crippen molar-refractivity contribution >= 4 is 17.3 Å². The van der Waals surface area contributed by atoms with E-state index in [0.717, 1.165) is 6.42 Å². The lowest BCUT2D eigenvalue weighted by atomic mass is 9.83. The zero-order valence-corrected chi connectivity index (χ0v) is 11.1. The number of benzene rings is 1. The monoisotopic (exact) mass is 278 g/mol. The van der Waals surface area contributed by atoms with Gasteiger partial charge in [0, 0.05) is 6.54 Å². The summed E-state index contributed by atoms with van der Waals surface area (Å²) >= 11 is 0. The molecule has 1 amide bonds. The number of carbonyl (C=O) groups excluding carboxylic acids is 1. The van der Waals surface area contributed by atoms with Gasteiger partial charge in [-0.2, -0.15) is 0 Å². The third-order valence-electron chi connectivity index (χ3n) is 3.68. The summed E-state index contributed by atoms with van der Waals surface area (Å²) in [6.07, 6.45) is 4.61. The van der Waals surface area contributed by atoms with Crippen molar-refractivity contribution in [1.82, 2.24) is 5.32 Å². The van der Waals surface area contributed by atoms with E-state index < -0.39 is 10.8 Å². The Bertz CT molecular complexity index is 514. The first-order chi connectivity index (χ1) is 9.63. The van der Waals surface area contributed by atoms with Gasteiger partial charge >= 0.3 is 5.69 Å². The van der Waals surface area contributed by atoms with Crippen molar-refractivity contribution in [3.05, 3.63) is 33.9 Å². The molecule has 1 fully saturated rings. The number of nitrogen functional groups attached to an aromatic ring is 1. The lowest BCUT2D eigenvalue weighted by Gasteiger charge is -2.25. The maximum atomic E-state index is 12.0. The molecule has 4 N–H and O–H groups in total. The Morgan fingerprint density at radius 3 is 2.75 bits per heavy atom. The van der Waals surface area contributed by atoms with Crippen molar-refractivity contribution in [3.8, 4) is 0 Å². The molecule has 108 valence electrons. The van der Waals surface area contributed by atoms with Crippen LogP contribution in [0.1, 0.15) is 36.0 Å². The van der Waals surface area contributed by atoms with Gasteiger partial charge in [-0.1, -0.05) is 25.3 Å². The predicted octanol–water partition coefficient (Wildman–Crippen LogP) is 1.80. The number of para-hydroxylation sites is 1. The number of nitrogens with zero attached hydrogens (tertiary/aromatic N) is 1. The summed E-state index contributed by atoms with van der Waals surface area (Å²) in [5, 5.41) is 13.8. The van der Waals surface area contributed by atoms with Crippen molar-refractivity contribution in [2.45, 2.75) is 25.7 Å². The van der Waals surface area contributed by atoms with Crippen LogP contribution in [0.2, 0.25) is 0 Å². The fourth-order valence-electron chi connectivity index (χ4n) is 2.31. The first kappa shape index (κ1) is 14.3. The number of amides is 1. The molecule has 1 aliphatic rings. The van der Waals surface area contributed by atoms with Gasteiger partial charge in [0.05, 0.1) is 4.92 Å². The number of nitro groups is 1. The van der Waals surface area contributed by atoms with Crippen molar-refractivity contribution < 1.29 is 9.72 Å². The molecule has 1 aromatic rings. The number of hydrogen-bond acceptors (Lipinski definition) is 5. The van der Waals surface area contributed by atoms with Crippen LogP contribution in [0, 0.1) is 16.0 Å². The summed E-state index contributed by atoms with van der Waals surface area (Å²) in [4.78, 5) is 22.5. The Labute approximate surface area is 116 Å². The highest BCUT2D eigenvalue weighted by atomic mass is 16.6. The van der Waals surface area contributed by atoms with Crippen LogP contribution in [-0.4, -0.2) is 17.4 Å². The minimum atomic E-state index is -0.601. The van der Waals surface area contributed by atoms with Crippen LogP contribution in [0.15, 0.2) is 18.2 Å². The zero-order chi connectivity index (χ0) is 14.5. The van der Waals surface area contributed by atoms with Crippen molar-refractivity contribution in [2.24, 2.45) is 11.8 Å². The van der Waals surface area contributed by atoms with Crippen molar-refractivity contribution in [3.63, 3.8) is 0 Å². The molecule has 1 aromatic carbocycles. The van der Waals surface area contributed by atoms with Crippen LogP contribution < -0.4 is 16.6 Å². The Hall–Kier alpha value is -2.15. The first-order valence-corrected chi connectivity index (χ1v) is 6.65. The van der Waals surface area contributed by atoms with Gasteiger partial charge in [0.15, 0.2) is 0 Å². The van der Waals surface area contributed by atoms with Crippen LogP contribution in [0.4, 0.5) is 11.4 Å². The zero-order valence-electron chi connectivity index (χ0n) is 11.1. The molecule has 0 radical (unpaired) electrons. The van der Waals surface area contributed by atoms with Gasteiger partial charge in [-0.15, -0.1) is 0 Å². The highest BCUT2D eigenvalue weighted by Crippen LogP contribution is 2.29. The second-order valence-corrected chi connectivity index (χ2v) is 4.94. The summed E-state index contributed by atoms with van der Waals surface area (Å²) in [5.74, 6) is 5.48. The van der Waals surface area contributed by atoms with Crippen LogP contribution in [0.5, 0.6) is 0 Å². The van der Waals surface area contributed by atoms with Gasteiger partial charge in [0.25, 0.3) is 5.91 Å². The van der Waals surface area contributed by atoms with Crippen LogP contribution >= 0.6 is 0 Å². The lowest BCUT2D eigenvalue weighted by molar-refractivity contribution is -0.384. The van der Waals surface area contributed by atoms with Crippen LogP contribution in [0.3, 0.4) is 0 Å². The highest BCUT2D eigenvalue weighted by molar-refractivity contribution is 6.00. The predicted molar refractivity (Wildman–Crippen MR) is 75.2 cm³/mol. The van der Waals surface area contributed by atoms with Gasteiger partial charge in [0.1, 0.15) is 11.3 Å². The molecule has 0 saturated heterocycles. The van der Waals surface area contributed by atoms with Gasteiger partial charge in [-0.25, -0.2) is 0 Å². The fraction of sp³-hybridized carbons (Fsp3) is 0.462. The normalized spacial score (nSPS) is 14.4. The molecule has 1 aliphatic carbocycles. The van der Waals surface area contributed by atoms with Gasteiger partial charge in [-0.3, -0.25) is 20.8 Å². The number of hydrogen-bond donors (Lipinski definition) is 3. The number of rotatable bonds is 6. The summed E-state index contributed by atoms with van der Waals surface area (Å²) in [7, 11) is 0. The number of nitro benzene ring substituents is 1. The molecule has 0 aromatic heterocycles. The maximum Gasteiger partial charge on any atom is 0.306 e. The molecular weight excluding hydrogens is 260 g/mol. The quantitative estimate of drug-likeness (QED) is 0.417. The van der Waals surface area contributed by atoms with Crippen LogP contribution in [-0.2, 0) is 0 Å². The van der Waals surface area contributed by atoms with E-state index in [4.69, 9.17) is 5.84 Å². The molecule has 7 heteroatoms. The number of carbonyl (C=O) groups is 1. The molecular formula is C13H18N4O3. The molecule has 0 unspecified atom stereocenters. The second-order valence-electron chi connectivity index (χ2n) is 4.94. The van der Waals surface area contributed by atoms with Crippen molar-refractivity contribution in [1.29, 1.82) is 0 Å². The van der Waals surface area contributed by atoms with Gasteiger partial charge in [0.2, 0.25) is 0 Å². The Kier molecular flexibility index (Phi) is 4.52. The maximum absolute atomic E-state index is 12.0. The average molecular weight is 278 g/mol. The Balaban J connectivity index is 2.06. The largest absolute Gasteiger partial charge is 0.352 e. The molecule has 0 aliphatic heterocycles. The smallest absolute Gasteiger partial charge is 0.306 e. The molecule has 0 spiro atoms. The SMILES string of the molecule is NNc1cccc(C(=O)NCCC2CCC2)c1[N+](=O)[O-]. The highest BCUT2D eigenvalue weighted by Gasteiger charge is 2.24. The summed E-state index contributed by atoms with van der Waals surface area (Å²) in [6.45, 7) is 0.543. The van der Waals surface area contributed by atoms with E-state index in [2.05, 4.69) is 10.7 Å². The number of nitrogens with one attached hydrogen (secondary N) is 2. The fourth-order valence-corrected chi connectivity index (χ4v) is 2.31. The topological polar surface area (TPSA) is 110 Å². The summed E-state index contributed by atoms with van der Waals surface area (Å²) in [5.41, 5.74) is 2.10. The van der Waals surface area contributed by atoms with E-state index in [-0.39, 0.29) is 16.9 Å². The minimum Gasteiger partial charge on any atom is -0.352 e. The molecule has 0 atom stereocenters. The van der Waals surface area contributed by atoms with E-state index in [1.807, 2.05) is 0 Å². The number of anilines is 1. The van der Waals surface area contributed by atoms with Gasteiger partial charge < -0.3 is 10.7 Å². The van der Waals surface area contributed by atoms with Crippen LogP contribution in [0.25, 0.3) is 0 Å². The van der Waals surface area contributed by atoms with Crippen molar-refractivity contribution in [2.75, 3.05) is 12.0 Å². The first-order valence-electron chi connectivity index (χ1n) is 6.65. The summed E-state index contributed by atoms with van der Waals surface area (Å²) in [6, 6.07) is 4.45. The van der Waals surface area contributed by atoms with E-state index in [1.165, 1.54) is 31.4 Å². The number of nitrogens with two attached hydrogens (primary N) is 1. The summed E-state index contributed by atoms with van der Waals surface area (Å²) < 4.78 is 0. The van der Waals surface area contributed by atoms with E-state index in [1.54, 1.807) is 6.07 Å². The third kappa shape index (κ3) is 3.05. The second kappa shape index (κ2) is 6.33. The van der Waals surface area contributed by atoms with E-state index >= 15 is 0 Å². The third-order valence-corrected chi connectivity index (χ3v) is 3.68. The van der Waals surface area contributed by atoms with E-state index in [0.29, 0.717) is 12.5 Å². The Morgan fingerprint density at radius 1 is 1.45 bits per heavy atom. The minimum absolute atomic E-state index is 0.0269. The molecule has 20 heavy (non-hydrogen) atoms. The standard InChI is InChI=1S/C13H18N4O3/c14-16-11-6-2-5-10(12(11)17(19)20)13(18)15-8-7-9-3-1-4-9/h2,5-6,9,16H,1,3-4,7-8,14H2,(H,15,18). The molecule has 2 rings (SSSR count). The van der Waals surface area contributed by atoms with Gasteiger partial charge in [-0.05, 0) is 24.5 Å².